The summed E-state index contributed by atoms with van der Waals surface area (Å²) in [7, 11) is -5.43. The quantitative estimate of drug-likeness (QED) is 0.0741. The van der Waals surface area contributed by atoms with Crippen LogP contribution in [0, 0.1) is 0 Å². The Morgan fingerprint density at radius 3 is 0.957 bits per heavy atom. The van der Waals surface area contributed by atoms with Crippen molar-refractivity contribution < 1.29 is 26.6 Å². The fourth-order valence-electron chi connectivity index (χ4n) is 4.38. The minimum absolute atomic E-state index is 0.0678. The number of anilines is 4. The largest absolute Gasteiger partial charge is 0.500 e. The topological polar surface area (TPSA) is 181 Å². The minimum atomic E-state index is -2.71. The summed E-state index contributed by atoms with van der Waals surface area (Å²) in [6.07, 6.45) is 1.48. The Kier molecular flexibility index (Phi) is 19.7. The molecule has 2 aromatic rings. The van der Waals surface area contributed by atoms with E-state index in [9.17, 15) is 0 Å². The molecule has 0 saturated heterocycles. The van der Waals surface area contributed by atoms with E-state index in [2.05, 4.69) is 51.2 Å². The van der Waals surface area contributed by atoms with Crippen LogP contribution in [-0.4, -0.2) is 113 Å². The molecule has 0 aliphatic rings. The van der Waals surface area contributed by atoms with E-state index in [0.717, 1.165) is 12.8 Å². The number of nitrogens with one attached hydrogen (secondary N) is 4. The standard InChI is InChI=1S/C26H50Cl2N10O6Si2/c1-7-39-45(40-8-2,41-9-3)19-13-15-29-23-33-21(27)35-25(37-23)31-17-18-32-26-36-22(28)34-24(38-26)30-16-14-20-46(42-10-4,43-11-5)44-12-6/h7-20H2,1-6H3,(H2,29,31,33,35,37)(H2,30,32,34,36,38). The first-order valence-corrected chi connectivity index (χ1v) is 20.5. The molecule has 0 unspecified atom stereocenters. The van der Waals surface area contributed by atoms with Gasteiger partial charge in [-0.25, -0.2) is 0 Å². The number of rotatable bonds is 27. The molecule has 0 radical (unpaired) electrons. The maximum atomic E-state index is 6.15. The zero-order valence-corrected chi connectivity index (χ0v) is 31.3. The highest BCUT2D eigenvalue weighted by atomic mass is 35.5. The van der Waals surface area contributed by atoms with E-state index < -0.39 is 17.6 Å². The first-order chi connectivity index (χ1) is 22.3. The second-order valence-electron chi connectivity index (χ2n) is 9.38. The fourth-order valence-corrected chi connectivity index (χ4v) is 9.92. The Hall–Kier alpha value is -2.01. The molecule has 2 rings (SSSR count). The van der Waals surface area contributed by atoms with Crippen LogP contribution in [0.4, 0.5) is 23.8 Å². The summed E-state index contributed by atoms with van der Waals surface area (Å²) in [5.41, 5.74) is 0. The third-order valence-corrected chi connectivity index (χ3v) is 12.6. The highest BCUT2D eigenvalue weighted by molar-refractivity contribution is 6.61. The van der Waals surface area contributed by atoms with Crippen molar-refractivity contribution >= 4 is 64.6 Å². The van der Waals surface area contributed by atoms with E-state index in [-0.39, 0.29) is 10.6 Å². The molecule has 0 spiro atoms. The minimum Gasteiger partial charge on any atom is -0.374 e. The average molecular weight is 726 g/mol. The molecule has 0 amide bonds. The van der Waals surface area contributed by atoms with Gasteiger partial charge in [0.15, 0.2) is 0 Å². The Bertz CT molecular complexity index is 1020. The van der Waals surface area contributed by atoms with Crippen molar-refractivity contribution in [2.45, 2.75) is 66.5 Å². The van der Waals surface area contributed by atoms with E-state index in [1.165, 1.54) is 0 Å². The molecule has 0 aliphatic carbocycles. The van der Waals surface area contributed by atoms with Gasteiger partial charge in [0.2, 0.25) is 34.4 Å². The van der Waals surface area contributed by atoms with Crippen LogP contribution in [0.25, 0.3) is 0 Å². The molecule has 262 valence electrons. The van der Waals surface area contributed by atoms with E-state index in [1.54, 1.807) is 0 Å². The highest BCUT2D eigenvalue weighted by Crippen LogP contribution is 2.20. The lowest BCUT2D eigenvalue weighted by atomic mass is 10.5. The van der Waals surface area contributed by atoms with E-state index >= 15 is 0 Å². The van der Waals surface area contributed by atoms with E-state index in [1.807, 2.05) is 41.5 Å². The van der Waals surface area contributed by atoms with Gasteiger partial charge in [0.05, 0.1) is 0 Å². The van der Waals surface area contributed by atoms with Gasteiger partial charge >= 0.3 is 17.6 Å². The summed E-state index contributed by atoms with van der Waals surface area (Å²) in [4.78, 5) is 25.5. The summed E-state index contributed by atoms with van der Waals surface area (Å²) >= 11 is 12.3. The molecule has 4 N–H and O–H groups in total. The second kappa shape index (κ2) is 22.5. The lowest BCUT2D eigenvalue weighted by Crippen LogP contribution is -2.46. The maximum Gasteiger partial charge on any atom is 0.500 e. The summed E-state index contributed by atoms with van der Waals surface area (Å²) < 4.78 is 35.5. The smallest absolute Gasteiger partial charge is 0.374 e. The lowest BCUT2D eigenvalue weighted by molar-refractivity contribution is 0.0702. The predicted octanol–water partition coefficient (Wildman–Crippen LogP) is 4.59. The summed E-state index contributed by atoms with van der Waals surface area (Å²) in [5.74, 6) is 1.37. The van der Waals surface area contributed by atoms with Crippen LogP contribution in [0.3, 0.4) is 0 Å². The summed E-state index contributed by atoms with van der Waals surface area (Å²) in [5, 5.41) is 12.8. The molecule has 0 saturated carbocycles. The normalized spacial score (nSPS) is 11.9. The van der Waals surface area contributed by atoms with Gasteiger partial charge in [-0.1, -0.05) is 0 Å². The van der Waals surface area contributed by atoms with Crippen molar-refractivity contribution in [3.63, 3.8) is 0 Å². The molecule has 2 heterocycles. The van der Waals surface area contributed by atoms with E-state index in [4.69, 9.17) is 49.8 Å². The van der Waals surface area contributed by atoms with Crippen molar-refractivity contribution in [2.24, 2.45) is 0 Å². The zero-order valence-electron chi connectivity index (χ0n) is 27.8. The van der Waals surface area contributed by atoms with Gasteiger partial charge in [-0.3, -0.25) is 0 Å². The third kappa shape index (κ3) is 14.8. The third-order valence-electron chi connectivity index (χ3n) is 5.98. The molecule has 2 aromatic heterocycles. The molecule has 0 atom stereocenters. The summed E-state index contributed by atoms with van der Waals surface area (Å²) in [6.45, 7) is 16.9. The fraction of sp³-hybridized carbons (Fsp3) is 0.769. The SMILES string of the molecule is CCO[Si](CCCNc1nc(Cl)nc(NCCNc2nc(Cl)nc(NCCC[Si](OCC)(OCC)OCC)n2)n1)(OCC)OCC. The average Bonchev–Trinajstić information content (AvgIpc) is 3.00. The molecular weight excluding hydrogens is 675 g/mol. The van der Waals surface area contributed by atoms with Crippen LogP contribution < -0.4 is 21.3 Å². The zero-order chi connectivity index (χ0) is 33.7. The van der Waals surface area contributed by atoms with Crippen molar-refractivity contribution in [2.75, 3.05) is 87.1 Å². The summed E-state index contributed by atoms with van der Waals surface area (Å²) in [6, 6.07) is 1.34. The molecule has 0 bridgehead atoms. The Morgan fingerprint density at radius 1 is 0.435 bits per heavy atom. The van der Waals surface area contributed by atoms with Crippen molar-refractivity contribution in [3.05, 3.63) is 10.6 Å². The van der Waals surface area contributed by atoms with Gasteiger partial charge in [0.1, 0.15) is 0 Å². The molecule has 46 heavy (non-hydrogen) atoms. The van der Waals surface area contributed by atoms with Gasteiger partial charge in [0.25, 0.3) is 0 Å². The number of hydrogen-bond donors (Lipinski definition) is 4. The number of halogens is 2. The highest BCUT2D eigenvalue weighted by Gasteiger charge is 2.40. The van der Waals surface area contributed by atoms with Gasteiger partial charge < -0.3 is 47.8 Å². The Labute approximate surface area is 284 Å². The van der Waals surface area contributed by atoms with E-state index in [0.29, 0.717) is 102 Å². The lowest BCUT2D eigenvalue weighted by Gasteiger charge is -2.28. The van der Waals surface area contributed by atoms with Crippen LogP contribution in [0.15, 0.2) is 0 Å². The Balaban J connectivity index is 1.83. The number of aromatic nitrogens is 6. The molecule has 0 fully saturated rings. The van der Waals surface area contributed by atoms with Gasteiger partial charge in [-0.2, -0.15) is 29.9 Å². The van der Waals surface area contributed by atoms with Gasteiger partial charge in [-0.05, 0) is 77.6 Å². The van der Waals surface area contributed by atoms with Crippen LogP contribution in [-0.2, 0) is 26.6 Å². The molecule has 0 aromatic carbocycles. The van der Waals surface area contributed by atoms with Crippen molar-refractivity contribution in [1.29, 1.82) is 0 Å². The molecule has 0 aliphatic heterocycles. The first-order valence-electron chi connectivity index (χ1n) is 15.9. The first kappa shape index (κ1) is 40.2. The number of nitrogens with zero attached hydrogens (tertiary/aromatic N) is 6. The molecular formula is C26H50Cl2N10O6Si2. The van der Waals surface area contributed by atoms with Crippen LogP contribution in [0.1, 0.15) is 54.4 Å². The Morgan fingerprint density at radius 2 is 0.696 bits per heavy atom. The van der Waals surface area contributed by atoms with Gasteiger partial charge in [-0.15, -0.1) is 0 Å². The van der Waals surface area contributed by atoms with Crippen molar-refractivity contribution in [3.8, 4) is 0 Å². The van der Waals surface area contributed by atoms with Crippen LogP contribution in [0.5, 0.6) is 0 Å². The monoisotopic (exact) mass is 724 g/mol. The van der Waals surface area contributed by atoms with Crippen LogP contribution in [0.2, 0.25) is 22.7 Å². The predicted molar refractivity (Wildman–Crippen MR) is 184 cm³/mol. The van der Waals surface area contributed by atoms with Crippen LogP contribution >= 0.6 is 23.2 Å². The molecule has 20 heteroatoms. The second-order valence-corrected chi connectivity index (χ2v) is 15.5. The maximum absolute atomic E-state index is 6.15. The van der Waals surface area contributed by atoms with Gasteiger partial charge in [0, 0.05) is 77.9 Å². The molecule has 16 nitrogen and oxygen atoms in total. The number of hydrogen-bond acceptors (Lipinski definition) is 16. The van der Waals surface area contributed by atoms with Crippen molar-refractivity contribution in [1.82, 2.24) is 29.9 Å².